The molecule has 0 aromatic heterocycles. The Bertz CT molecular complexity index is 986. The first kappa shape index (κ1) is 52.2. The highest BCUT2D eigenvalue weighted by molar-refractivity contribution is 7.47. The third kappa shape index (κ3) is 39.9. The molecular weight excluding hydrogens is 701 g/mol. The smallest absolute Gasteiger partial charge is 0.462 e. The minimum Gasteiger partial charge on any atom is -0.462 e. The fourth-order valence-electron chi connectivity index (χ4n) is 5.99. The van der Waals surface area contributed by atoms with Gasteiger partial charge in [-0.3, -0.25) is 18.6 Å². The van der Waals surface area contributed by atoms with Gasteiger partial charge in [-0.25, -0.2) is 4.57 Å². The Morgan fingerprint density at radius 1 is 0.556 bits per heavy atom. The molecule has 0 aromatic carbocycles. The molecule has 0 rings (SSSR count). The van der Waals surface area contributed by atoms with Crippen LogP contribution in [-0.4, -0.2) is 49.3 Å². The molecule has 0 radical (unpaired) electrons. The van der Waals surface area contributed by atoms with E-state index >= 15 is 0 Å². The van der Waals surface area contributed by atoms with E-state index in [1.165, 1.54) is 116 Å². The number of esters is 2. The van der Waals surface area contributed by atoms with Crippen molar-refractivity contribution in [1.29, 1.82) is 0 Å². The maximum Gasteiger partial charge on any atom is 0.472 e. The molecule has 0 bridgehead atoms. The fourth-order valence-corrected chi connectivity index (χ4v) is 6.76. The fraction of sp³-hybridized carbons (Fsp3) is 0.818. The molecule has 10 heteroatoms. The average Bonchev–Trinajstić information content (AvgIpc) is 3.16. The molecule has 0 amide bonds. The summed E-state index contributed by atoms with van der Waals surface area (Å²) >= 11 is 0. The van der Waals surface area contributed by atoms with Crippen molar-refractivity contribution < 1.29 is 37.6 Å². The number of hydrogen-bond acceptors (Lipinski definition) is 8. The number of allylic oxidation sites excluding steroid dienone is 6. The van der Waals surface area contributed by atoms with Gasteiger partial charge in [0.1, 0.15) is 6.61 Å². The number of nitrogens with two attached hydrogens (primary N) is 1. The molecule has 0 aliphatic rings. The molecule has 2 atom stereocenters. The molecule has 0 heterocycles. The largest absolute Gasteiger partial charge is 0.472 e. The van der Waals surface area contributed by atoms with Gasteiger partial charge in [0.2, 0.25) is 0 Å². The van der Waals surface area contributed by atoms with Crippen LogP contribution in [0.25, 0.3) is 0 Å². The van der Waals surface area contributed by atoms with E-state index in [9.17, 15) is 19.0 Å². The summed E-state index contributed by atoms with van der Waals surface area (Å²) < 4.78 is 32.7. The number of ether oxygens (including phenoxy) is 2. The van der Waals surface area contributed by atoms with Gasteiger partial charge in [0.05, 0.1) is 13.2 Å². The summed E-state index contributed by atoms with van der Waals surface area (Å²) in [5.41, 5.74) is 5.34. The maximum absolute atomic E-state index is 12.6. The van der Waals surface area contributed by atoms with Gasteiger partial charge >= 0.3 is 19.8 Å². The molecule has 316 valence electrons. The summed E-state index contributed by atoms with van der Waals surface area (Å²) in [4.78, 5) is 34.8. The van der Waals surface area contributed by atoms with Crippen molar-refractivity contribution in [1.82, 2.24) is 0 Å². The van der Waals surface area contributed by atoms with Gasteiger partial charge in [0.25, 0.3) is 0 Å². The number of hydrogen-bond donors (Lipinski definition) is 2. The zero-order chi connectivity index (χ0) is 39.6. The zero-order valence-corrected chi connectivity index (χ0v) is 35.6. The Labute approximate surface area is 331 Å². The van der Waals surface area contributed by atoms with Crippen LogP contribution in [0.5, 0.6) is 0 Å². The molecule has 0 saturated heterocycles. The summed E-state index contributed by atoms with van der Waals surface area (Å²) in [7, 11) is -4.38. The van der Waals surface area contributed by atoms with Crippen LogP contribution < -0.4 is 5.73 Å². The molecule has 0 aliphatic carbocycles. The molecule has 0 aliphatic heterocycles. The SMILES string of the molecule is CCCCC/C=C\C/C=C\C/C=C\CCCCC(=O)O[C@H](COC(=O)CCCCCCCCCCCCCCCCCCCC)COP(=O)(O)OCCN. The monoisotopic (exact) mass is 784 g/mol. The van der Waals surface area contributed by atoms with Crippen LogP contribution in [0, 0.1) is 0 Å². The van der Waals surface area contributed by atoms with Crippen molar-refractivity contribution in [3.05, 3.63) is 36.5 Å². The first-order valence-corrected chi connectivity index (χ1v) is 23.5. The van der Waals surface area contributed by atoms with Crippen molar-refractivity contribution in [2.75, 3.05) is 26.4 Å². The molecule has 0 fully saturated rings. The quantitative estimate of drug-likeness (QED) is 0.0269. The second-order valence-corrected chi connectivity index (χ2v) is 16.0. The van der Waals surface area contributed by atoms with Crippen molar-refractivity contribution in [3.8, 4) is 0 Å². The lowest BCUT2D eigenvalue weighted by Gasteiger charge is -2.19. The van der Waals surface area contributed by atoms with Crippen LogP contribution in [0.3, 0.4) is 0 Å². The summed E-state index contributed by atoms with van der Waals surface area (Å²) in [6.45, 7) is 3.67. The van der Waals surface area contributed by atoms with E-state index in [-0.39, 0.29) is 38.6 Å². The van der Waals surface area contributed by atoms with E-state index in [1.54, 1.807) is 0 Å². The Morgan fingerprint density at radius 3 is 1.46 bits per heavy atom. The van der Waals surface area contributed by atoms with E-state index < -0.39 is 26.5 Å². The molecule has 0 spiro atoms. The Balaban J connectivity index is 4.17. The summed E-state index contributed by atoms with van der Waals surface area (Å²) in [5, 5.41) is 0. The Hall–Kier alpha value is -1.77. The van der Waals surface area contributed by atoms with Crippen LogP contribution in [0.4, 0.5) is 0 Å². The lowest BCUT2D eigenvalue weighted by molar-refractivity contribution is -0.161. The predicted molar refractivity (Wildman–Crippen MR) is 224 cm³/mol. The number of phosphoric acid groups is 1. The first-order chi connectivity index (χ1) is 26.3. The highest BCUT2D eigenvalue weighted by Crippen LogP contribution is 2.43. The van der Waals surface area contributed by atoms with E-state index in [1.807, 2.05) is 0 Å². The van der Waals surface area contributed by atoms with E-state index in [2.05, 4.69) is 50.3 Å². The maximum atomic E-state index is 12.6. The predicted octanol–water partition coefficient (Wildman–Crippen LogP) is 12.6. The minimum atomic E-state index is -4.38. The number of unbranched alkanes of at least 4 members (excludes halogenated alkanes) is 22. The van der Waals surface area contributed by atoms with Gasteiger partial charge in [-0.1, -0.05) is 172 Å². The second-order valence-electron chi connectivity index (χ2n) is 14.6. The summed E-state index contributed by atoms with van der Waals surface area (Å²) in [6.07, 6.45) is 44.6. The second kappa shape index (κ2) is 40.9. The molecule has 1 unspecified atom stereocenters. The lowest BCUT2D eigenvalue weighted by Crippen LogP contribution is -2.29. The van der Waals surface area contributed by atoms with Crippen LogP contribution >= 0.6 is 7.82 Å². The summed E-state index contributed by atoms with van der Waals surface area (Å²) in [6, 6.07) is 0. The Kier molecular flexibility index (Phi) is 39.5. The lowest BCUT2D eigenvalue weighted by atomic mass is 10.0. The van der Waals surface area contributed by atoms with Crippen LogP contribution in [-0.2, 0) is 32.7 Å². The normalized spacial score (nSPS) is 13.6. The highest BCUT2D eigenvalue weighted by Gasteiger charge is 2.26. The van der Waals surface area contributed by atoms with Gasteiger partial charge < -0.3 is 20.1 Å². The molecule has 3 N–H and O–H groups in total. The van der Waals surface area contributed by atoms with Crippen molar-refractivity contribution in [2.45, 2.75) is 206 Å². The highest BCUT2D eigenvalue weighted by atomic mass is 31.2. The van der Waals surface area contributed by atoms with Gasteiger partial charge in [-0.2, -0.15) is 0 Å². The number of carbonyl (C=O) groups excluding carboxylic acids is 2. The third-order valence-corrected chi connectivity index (χ3v) is 10.3. The molecular formula is C44H82NO8P. The standard InChI is InChI=1S/C44H82NO8P/c1-3-5-7-9-11-13-15-17-19-20-21-23-24-26-28-30-32-34-36-43(46)50-40-42(41-52-54(48,49)51-39-38-45)53-44(47)37-35-33-31-29-27-25-22-18-16-14-12-10-8-6-4-2/h12,14,18,22,27,29,42H,3-11,13,15-17,19-21,23-26,28,30-41,45H2,1-2H3,(H,48,49)/b14-12-,22-18-,29-27-/t42-/m1/s1. The topological polar surface area (TPSA) is 134 Å². The van der Waals surface area contributed by atoms with Crippen molar-refractivity contribution in [2.24, 2.45) is 5.73 Å². The van der Waals surface area contributed by atoms with Gasteiger partial charge in [-0.15, -0.1) is 0 Å². The molecule has 54 heavy (non-hydrogen) atoms. The van der Waals surface area contributed by atoms with Crippen LogP contribution in [0.2, 0.25) is 0 Å². The van der Waals surface area contributed by atoms with Gasteiger partial charge in [0.15, 0.2) is 6.10 Å². The molecule has 0 aromatic rings. The minimum absolute atomic E-state index is 0.0477. The first-order valence-electron chi connectivity index (χ1n) is 22.0. The molecule has 9 nitrogen and oxygen atoms in total. The van der Waals surface area contributed by atoms with Crippen molar-refractivity contribution >= 4 is 19.8 Å². The zero-order valence-electron chi connectivity index (χ0n) is 34.7. The van der Waals surface area contributed by atoms with Crippen LogP contribution in [0.15, 0.2) is 36.5 Å². The van der Waals surface area contributed by atoms with Gasteiger partial charge in [0, 0.05) is 19.4 Å². The average molecular weight is 784 g/mol. The Morgan fingerprint density at radius 2 is 0.963 bits per heavy atom. The summed E-state index contributed by atoms with van der Waals surface area (Å²) in [5.74, 6) is -0.868. The van der Waals surface area contributed by atoms with Crippen LogP contribution in [0.1, 0.15) is 200 Å². The third-order valence-electron chi connectivity index (χ3n) is 9.28. The van der Waals surface area contributed by atoms with Gasteiger partial charge in [-0.05, 0) is 51.4 Å². The number of carbonyl (C=O) groups is 2. The van der Waals surface area contributed by atoms with E-state index in [0.717, 1.165) is 51.4 Å². The number of phosphoric ester groups is 1. The van der Waals surface area contributed by atoms with E-state index in [0.29, 0.717) is 6.42 Å². The number of rotatable bonds is 41. The van der Waals surface area contributed by atoms with Crippen molar-refractivity contribution in [3.63, 3.8) is 0 Å². The van der Waals surface area contributed by atoms with E-state index in [4.69, 9.17) is 24.3 Å². The molecule has 0 saturated carbocycles.